The maximum Gasteiger partial charge on any atom is 0.265 e. The number of amides is 1. The van der Waals surface area contributed by atoms with Crippen LogP contribution < -0.4 is 10.1 Å². The van der Waals surface area contributed by atoms with E-state index in [2.05, 4.69) is 5.32 Å². The number of carbonyl (C=O) groups excluding carboxylic acids is 1. The van der Waals surface area contributed by atoms with Crippen molar-refractivity contribution in [2.75, 3.05) is 5.32 Å². The molecule has 22 heavy (non-hydrogen) atoms. The van der Waals surface area contributed by atoms with Crippen molar-refractivity contribution in [3.63, 3.8) is 0 Å². The van der Waals surface area contributed by atoms with Crippen LogP contribution >= 0.6 is 11.6 Å². The zero-order chi connectivity index (χ0) is 16.1. The molecule has 3 nitrogen and oxygen atoms in total. The third kappa shape index (κ3) is 4.01. The Kier molecular flexibility index (Phi) is 5.45. The van der Waals surface area contributed by atoms with Crippen molar-refractivity contribution in [1.29, 1.82) is 0 Å². The standard InChI is InChI=1S/C18H20ClNO2/c1-4-16(22-17-8-6-5-7-15(17)19)18(21)20-14-10-9-12(2)13(3)11-14/h5-11,16H,4H2,1-3H3,(H,20,21). The first-order valence-electron chi connectivity index (χ1n) is 7.30. The first-order chi connectivity index (χ1) is 10.5. The van der Waals surface area contributed by atoms with E-state index in [4.69, 9.17) is 16.3 Å². The summed E-state index contributed by atoms with van der Waals surface area (Å²) in [4.78, 5) is 12.4. The number of nitrogens with one attached hydrogen (secondary N) is 1. The Balaban J connectivity index is 2.08. The van der Waals surface area contributed by atoms with Crippen LogP contribution in [0.15, 0.2) is 42.5 Å². The van der Waals surface area contributed by atoms with Gasteiger partial charge >= 0.3 is 0 Å². The van der Waals surface area contributed by atoms with Crippen molar-refractivity contribution in [2.24, 2.45) is 0 Å². The van der Waals surface area contributed by atoms with E-state index in [9.17, 15) is 4.79 Å². The minimum atomic E-state index is -0.582. The zero-order valence-corrected chi connectivity index (χ0v) is 13.8. The van der Waals surface area contributed by atoms with E-state index in [0.717, 1.165) is 11.3 Å². The van der Waals surface area contributed by atoms with Crippen molar-refractivity contribution < 1.29 is 9.53 Å². The molecule has 1 N–H and O–H groups in total. The fourth-order valence-corrected chi connectivity index (χ4v) is 2.24. The fraction of sp³-hybridized carbons (Fsp3) is 0.278. The number of hydrogen-bond donors (Lipinski definition) is 1. The highest BCUT2D eigenvalue weighted by atomic mass is 35.5. The Morgan fingerprint density at radius 2 is 1.91 bits per heavy atom. The van der Waals surface area contributed by atoms with Gasteiger partial charge in [0.05, 0.1) is 5.02 Å². The molecule has 4 heteroatoms. The second kappa shape index (κ2) is 7.32. The molecule has 0 bridgehead atoms. The van der Waals surface area contributed by atoms with Gasteiger partial charge in [-0.25, -0.2) is 0 Å². The SMILES string of the molecule is CCC(Oc1ccccc1Cl)C(=O)Nc1ccc(C)c(C)c1. The Morgan fingerprint density at radius 3 is 2.55 bits per heavy atom. The maximum absolute atomic E-state index is 12.4. The molecule has 0 fully saturated rings. The normalized spacial score (nSPS) is 11.8. The van der Waals surface area contributed by atoms with Gasteiger partial charge in [0.2, 0.25) is 0 Å². The number of halogens is 1. The molecule has 0 aliphatic rings. The average molecular weight is 318 g/mol. The molecule has 0 aliphatic carbocycles. The van der Waals surface area contributed by atoms with Gasteiger partial charge in [-0.1, -0.05) is 36.7 Å². The predicted molar refractivity (Wildman–Crippen MR) is 90.7 cm³/mol. The summed E-state index contributed by atoms with van der Waals surface area (Å²) in [6.07, 6.45) is -0.0245. The topological polar surface area (TPSA) is 38.3 Å². The van der Waals surface area contributed by atoms with Crippen LogP contribution in [0.2, 0.25) is 5.02 Å². The Morgan fingerprint density at radius 1 is 1.18 bits per heavy atom. The largest absolute Gasteiger partial charge is 0.479 e. The molecule has 0 aliphatic heterocycles. The van der Waals surface area contributed by atoms with Crippen molar-refractivity contribution >= 4 is 23.2 Å². The lowest BCUT2D eigenvalue weighted by Gasteiger charge is -2.18. The van der Waals surface area contributed by atoms with Crippen LogP contribution in [-0.2, 0) is 4.79 Å². The second-order valence-corrected chi connectivity index (χ2v) is 5.64. The molecular weight excluding hydrogens is 298 g/mol. The van der Waals surface area contributed by atoms with E-state index in [0.29, 0.717) is 17.2 Å². The smallest absolute Gasteiger partial charge is 0.265 e. The number of carbonyl (C=O) groups is 1. The van der Waals surface area contributed by atoms with Gasteiger partial charge in [-0.05, 0) is 55.7 Å². The van der Waals surface area contributed by atoms with Crippen molar-refractivity contribution in [1.82, 2.24) is 0 Å². The predicted octanol–water partition coefficient (Wildman–Crippen LogP) is 4.75. The lowest BCUT2D eigenvalue weighted by atomic mass is 10.1. The lowest BCUT2D eigenvalue weighted by Crippen LogP contribution is -2.32. The van der Waals surface area contributed by atoms with Gasteiger partial charge in [-0.3, -0.25) is 4.79 Å². The number of para-hydroxylation sites is 1. The molecule has 0 heterocycles. The Bertz CT molecular complexity index is 670. The summed E-state index contributed by atoms with van der Waals surface area (Å²) in [7, 11) is 0. The molecule has 0 aromatic heterocycles. The third-order valence-electron chi connectivity index (χ3n) is 3.54. The summed E-state index contributed by atoms with van der Waals surface area (Å²) < 4.78 is 5.74. The molecule has 1 amide bonds. The van der Waals surface area contributed by atoms with E-state index < -0.39 is 6.10 Å². The molecule has 2 aromatic rings. The highest BCUT2D eigenvalue weighted by Crippen LogP contribution is 2.25. The quantitative estimate of drug-likeness (QED) is 0.864. The van der Waals surface area contributed by atoms with Gasteiger partial charge in [0, 0.05) is 5.69 Å². The van der Waals surface area contributed by atoms with Gasteiger partial charge in [0.1, 0.15) is 5.75 Å². The molecule has 0 spiro atoms. The van der Waals surface area contributed by atoms with Crippen molar-refractivity contribution in [2.45, 2.75) is 33.3 Å². The van der Waals surface area contributed by atoms with Crippen LogP contribution in [0.4, 0.5) is 5.69 Å². The van der Waals surface area contributed by atoms with Gasteiger partial charge in [0.25, 0.3) is 5.91 Å². The number of benzene rings is 2. The number of anilines is 1. The maximum atomic E-state index is 12.4. The summed E-state index contributed by atoms with van der Waals surface area (Å²) in [6.45, 7) is 5.96. The van der Waals surface area contributed by atoms with E-state index >= 15 is 0 Å². The van der Waals surface area contributed by atoms with Gasteiger partial charge in [-0.2, -0.15) is 0 Å². The summed E-state index contributed by atoms with van der Waals surface area (Å²) in [6, 6.07) is 13.0. The number of hydrogen-bond acceptors (Lipinski definition) is 2. The number of rotatable bonds is 5. The molecule has 1 unspecified atom stereocenters. The third-order valence-corrected chi connectivity index (χ3v) is 3.86. The molecule has 0 saturated heterocycles. The van der Waals surface area contributed by atoms with E-state index in [1.54, 1.807) is 12.1 Å². The van der Waals surface area contributed by atoms with Crippen LogP contribution in [0.3, 0.4) is 0 Å². The van der Waals surface area contributed by atoms with Gasteiger partial charge < -0.3 is 10.1 Å². The van der Waals surface area contributed by atoms with Gasteiger partial charge in [-0.15, -0.1) is 0 Å². The fourth-order valence-electron chi connectivity index (χ4n) is 2.06. The average Bonchev–Trinajstić information content (AvgIpc) is 2.50. The monoisotopic (exact) mass is 317 g/mol. The molecule has 2 rings (SSSR count). The van der Waals surface area contributed by atoms with Crippen LogP contribution in [0.1, 0.15) is 24.5 Å². The van der Waals surface area contributed by atoms with E-state index in [-0.39, 0.29) is 5.91 Å². The molecule has 0 saturated carbocycles. The summed E-state index contributed by atoms with van der Waals surface area (Å²) >= 11 is 6.07. The molecular formula is C18H20ClNO2. The number of ether oxygens (including phenoxy) is 1. The summed E-state index contributed by atoms with van der Waals surface area (Å²) in [5, 5.41) is 3.39. The summed E-state index contributed by atoms with van der Waals surface area (Å²) in [5.41, 5.74) is 3.10. The molecule has 0 radical (unpaired) electrons. The lowest BCUT2D eigenvalue weighted by molar-refractivity contribution is -0.122. The highest BCUT2D eigenvalue weighted by molar-refractivity contribution is 6.32. The minimum absolute atomic E-state index is 0.175. The highest BCUT2D eigenvalue weighted by Gasteiger charge is 2.19. The van der Waals surface area contributed by atoms with Crippen LogP contribution in [-0.4, -0.2) is 12.0 Å². The second-order valence-electron chi connectivity index (χ2n) is 5.23. The Hall–Kier alpha value is -2.00. The van der Waals surface area contributed by atoms with E-state index in [1.807, 2.05) is 51.1 Å². The number of aryl methyl sites for hydroxylation is 2. The Labute approximate surface area is 136 Å². The minimum Gasteiger partial charge on any atom is -0.479 e. The van der Waals surface area contributed by atoms with Gasteiger partial charge in [0.15, 0.2) is 6.10 Å². The first-order valence-corrected chi connectivity index (χ1v) is 7.68. The zero-order valence-electron chi connectivity index (χ0n) is 13.0. The van der Waals surface area contributed by atoms with Crippen molar-refractivity contribution in [3.8, 4) is 5.75 Å². The van der Waals surface area contributed by atoms with E-state index in [1.165, 1.54) is 5.56 Å². The molecule has 116 valence electrons. The molecule has 2 aromatic carbocycles. The first kappa shape index (κ1) is 16.4. The van der Waals surface area contributed by atoms with Crippen LogP contribution in [0.25, 0.3) is 0 Å². The van der Waals surface area contributed by atoms with Crippen LogP contribution in [0.5, 0.6) is 5.75 Å². The van der Waals surface area contributed by atoms with Crippen molar-refractivity contribution in [3.05, 3.63) is 58.6 Å². The van der Waals surface area contributed by atoms with Crippen LogP contribution in [0, 0.1) is 13.8 Å². The molecule has 1 atom stereocenters. The summed E-state index contributed by atoms with van der Waals surface area (Å²) in [5.74, 6) is 0.344.